The average molecular weight is 343 g/mol. The van der Waals surface area contributed by atoms with Crippen LogP contribution in [-0.2, 0) is 16.1 Å². The molecule has 132 valence electrons. The van der Waals surface area contributed by atoms with Crippen molar-refractivity contribution in [1.29, 1.82) is 0 Å². The summed E-state index contributed by atoms with van der Waals surface area (Å²) < 4.78 is 16.9. The number of likely N-dealkylation sites (tertiary alicyclic amines) is 1. The van der Waals surface area contributed by atoms with Crippen LogP contribution in [-0.4, -0.2) is 52.9 Å². The number of aryl methyl sites for hydroxylation is 1. The Morgan fingerprint density at radius 3 is 3.04 bits per heavy atom. The van der Waals surface area contributed by atoms with Crippen molar-refractivity contribution in [1.82, 2.24) is 15.0 Å². The lowest BCUT2D eigenvalue weighted by Crippen LogP contribution is -2.66. The molecule has 2 aliphatic heterocycles. The highest BCUT2D eigenvalue weighted by molar-refractivity contribution is 5.92. The molecule has 25 heavy (non-hydrogen) atoms. The Labute approximate surface area is 145 Å². The summed E-state index contributed by atoms with van der Waals surface area (Å²) in [4.78, 5) is 18.4. The zero-order chi connectivity index (χ0) is 17.3. The third-order valence-corrected chi connectivity index (χ3v) is 4.94. The highest BCUT2D eigenvalue weighted by Crippen LogP contribution is 2.40. The van der Waals surface area contributed by atoms with Crippen molar-refractivity contribution in [3.63, 3.8) is 0 Å². The number of hydrogen-bond donors (Lipinski definition) is 0. The summed E-state index contributed by atoms with van der Waals surface area (Å²) in [5.41, 5.74) is 1.34. The molecule has 1 spiro atoms. The molecular formula is C18H21N3O4. The van der Waals surface area contributed by atoms with E-state index in [1.165, 1.54) is 0 Å². The third-order valence-electron chi connectivity index (χ3n) is 4.94. The number of pyridine rings is 1. The van der Waals surface area contributed by atoms with Gasteiger partial charge in [0.25, 0.3) is 5.91 Å². The molecule has 4 rings (SSSR count). The lowest BCUT2D eigenvalue weighted by molar-refractivity contribution is -0.129. The van der Waals surface area contributed by atoms with Crippen molar-refractivity contribution < 1.29 is 18.8 Å². The molecule has 2 aromatic rings. The largest absolute Gasteiger partial charge is 0.375 e. The van der Waals surface area contributed by atoms with Crippen molar-refractivity contribution in [2.45, 2.75) is 25.6 Å². The van der Waals surface area contributed by atoms with E-state index in [1.54, 1.807) is 24.1 Å². The van der Waals surface area contributed by atoms with Gasteiger partial charge in [-0.1, -0.05) is 11.2 Å². The second-order valence-corrected chi connectivity index (χ2v) is 6.73. The maximum absolute atomic E-state index is 12.4. The third kappa shape index (κ3) is 3.17. The molecule has 1 atom stereocenters. The van der Waals surface area contributed by atoms with E-state index in [1.807, 2.05) is 18.2 Å². The minimum atomic E-state index is -0.283. The van der Waals surface area contributed by atoms with Crippen molar-refractivity contribution in [2.24, 2.45) is 5.92 Å². The predicted molar refractivity (Wildman–Crippen MR) is 87.8 cm³/mol. The topological polar surface area (TPSA) is 77.7 Å². The van der Waals surface area contributed by atoms with Gasteiger partial charge in [0.1, 0.15) is 5.60 Å². The fraction of sp³-hybridized carbons (Fsp3) is 0.500. The van der Waals surface area contributed by atoms with E-state index in [9.17, 15) is 4.79 Å². The molecule has 0 aromatic carbocycles. The van der Waals surface area contributed by atoms with Gasteiger partial charge in [0, 0.05) is 24.8 Å². The van der Waals surface area contributed by atoms with Gasteiger partial charge in [0.2, 0.25) is 5.76 Å². The number of ether oxygens (including phenoxy) is 2. The van der Waals surface area contributed by atoms with Gasteiger partial charge in [-0.3, -0.25) is 9.78 Å². The van der Waals surface area contributed by atoms with E-state index in [2.05, 4.69) is 10.1 Å². The smallest absolute Gasteiger partial charge is 0.292 e. The van der Waals surface area contributed by atoms with Crippen LogP contribution in [0.15, 0.2) is 35.0 Å². The highest BCUT2D eigenvalue weighted by Gasteiger charge is 2.54. The molecule has 0 saturated carbocycles. The SMILES string of the molecule is Cc1cc(C(=O)N2CC3(C2)OCCC3COCc2ccccn2)on1. The normalized spacial score (nSPS) is 21.5. The van der Waals surface area contributed by atoms with Crippen LogP contribution >= 0.6 is 0 Å². The Morgan fingerprint density at radius 1 is 1.44 bits per heavy atom. The molecule has 2 fully saturated rings. The van der Waals surface area contributed by atoms with Gasteiger partial charge in [-0.15, -0.1) is 0 Å². The second-order valence-electron chi connectivity index (χ2n) is 6.73. The standard InChI is InChI=1S/C18H21N3O4/c1-13-8-16(25-20-13)17(22)21-11-18(12-21)14(5-7-24-18)9-23-10-15-4-2-3-6-19-15/h2-4,6,8,14H,5,7,9-12H2,1H3. The van der Waals surface area contributed by atoms with Gasteiger partial charge in [0.05, 0.1) is 37.7 Å². The molecule has 0 aliphatic carbocycles. The van der Waals surface area contributed by atoms with E-state index in [-0.39, 0.29) is 23.2 Å². The van der Waals surface area contributed by atoms with Crippen molar-refractivity contribution in [3.05, 3.63) is 47.6 Å². The van der Waals surface area contributed by atoms with Crippen LogP contribution in [0.5, 0.6) is 0 Å². The Kier molecular flexibility index (Phi) is 4.27. The molecule has 7 heteroatoms. The van der Waals surface area contributed by atoms with Gasteiger partial charge in [-0.2, -0.15) is 0 Å². The van der Waals surface area contributed by atoms with Crippen molar-refractivity contribution >= 4 is 5.91 Å². The molecule has 7 nitrogen and oxygen atoms in total. The summed E-state index contributed by atoms with van der Waals surface area (Å²) in [6.45, 7) is 4.76. The molecule has 0 bridgehead atoms. The number of hydrogen-bond acceptors (Lipinski definition) is 6. The first-order chi connectivity index (χ1) is 12.2. The van der Waals surface area contributed by atoms with E-state index in [0.717, 1.165) is 12.1 Å². The molecule has 1 amide bonds. The molecule has 0 radical (unpaired) electrons. The fourth-order valence-electron chi connectivity index (χ4n) is 3.52. The number of carbonyl (C=O) groups excluding carboxylic acids is 1. The van der Waals surface area contributed by atoms with Crippen LogP contribution in [0.25, 0.3) is 0 Å². The Bertz CT molecular complexity index is 740. The van der Waals surface area contributed by atoms with E-state index in [4.69, 9.17) is 14.0 Å². The maximum atomic E-state index is 12.4. The van der Waals surface area contributed by atoms with Crippen LogP contribution in [0.4, 0.5) is 0 Å². The molecule has 2 saturated heterocycles. The summed E-state index contributed by atoms with van der Waals surface area (Å²) in [5.74, 6) is 0.444. The van der Waals surface area contributed by atoms with E-state index in [0.29, 0.717) is 38.6 Å². The Balaban J connectivity index is 1.31. The Hall–Kier alpha value is -2.25. The maximum Gasteiger partial charge on any atom is 0.292 e. The minimum Gasteiger partial charge on any atom is -0.375 e. The summed E-state index contributed by atoms with van der Waals surface area (Å²) in [5, 5.41) is 3.77. The molecule has 1 unspecified atom stereocenters. The first kappa shape index (κ1) is 16.2. The first-order valence-corrected chi connectivity index (χ1v) is 8.50. The zero-order valence-corrected chi connectivity index (χ0v) is 14.2. The van der Waals surface area contributed by atoms with Crippen LogP contribution in [0, 0.1) is 12.8 Å². The van der Waals surface area contributed by atoms with E-state index < -0.39 is 0 Å². The quantitative estimate of drug-likeness (QED) is 0.824. The average Bonchev–Trinajstić information content (AvgIpc) is 3.20. The number of amides is 1. The number of aromatic nitrogens is 2. The van der Waals surface area contributed by atoms with Gasteiger partial charge in [-0.25, -0.2) is 0 Å². The first-order valence-electron chi connectivity index (χ1n) is 8.50. The number of rotatable bonds is 5. The van der Waals surface area contributed by atoms with Gasteiger partial charge in [-0.05, 0) is 25.5 Å². The van der Waals surface area contributed by atoms with Crippen LogP contribution in [0.2, 0.25) is 0 Å². The summed E-state index contributed by atoms with van der Waals surface area (Å²) in [6.07, 6.45) is 2.71. The Morgan fingerprint density at radius 2 is 2.32 bits per heavy atom. The van der Waals surface area contributed by atoms with Crippen LogP contribution in [0.3, 0.4) is 0 Å². The summed E-state index contributed by atoms with van der Waals surface area (Å²) in [7, 11) is 0. The summed E-state index contributed by atoms with van der Waals surface area (Å²) >= 11 is 0. The predicted octanol–water partition coefficient (Wildman–Crippen LogP) is 1.83. The zero-order valence-electron chi connectivity index (χ0n) is 14.2. The van der Waals surface area contributed by atoms with E-state index >= 15 is 0 Å². The lowest BCUT2D eigenvalue weighted by Gasteiger charge is -2.49. The van der Waals surface area contributed by atoms with Gasteiger partial charge < -0.3 is 18.9 Å². The fourth-order valence-corrected chi connectivity index (χ4v) is 3.52. The van der Waals surface area contributed by atoms with Crippen LogP contribution in [0.1, 0.15) is 28.4 Å². The van der Waals surface area contributed by atoms with Crippen LogP contribution < -0.4 is 0 Å². The van der Waals surface area contributed by atoms with Gasteiger partial charge in [0.15, 0.2) is 0 Å². The molecular weight excluding hydrogens is 322 g/mol. The van der Waals surface area contributed by atoms with Crippen molar-refractivity contribution in [2.75, 3.05) is 26.3 Å². The monoisotopic (exact) mass is 343 g/mol. The molecule has 2 aromatic heterocycles. The second kappa shape index (κ2) is 6.57. The molecule has 0 N–H and O–H groups in total. The van der Waals surface area contributed by atoms with Gasteiger partial charge >= 0.3 is 0 Å². The highest BCUT2D eigenvalue weighted by atomic mass is 16.5. The summed E-state index contributed by atoms with van der Waals surface area (Å²) in [6, 6.07) is 7.45. The molecule has 4 heterocycles. The number of carbonyl (C=O) groups is 1. The number of nitrogens with zero attached hydrogens (tertiary/aromatic N) is 3. The minimum absolute atomic E-state index is 0.130. The lowest BCUT2D eigenvalue weighted by atomic mass is 9.81. The van der Waals surface area contributed by atoms with Crippen molar-refractivity contribution in [3.8, 4) is 0 Å². The molecule has 2 aliphatic rings.